The molecule has 0 atom stereocenters. The highest BCUT2D eigenvalue weighted by molar-refractivity contribution is 9.10. The standard InChI is InChI=1S/C16H12BrF3N2/c17-14-5-1-11(2-6-14)8-22-9-12-3-4-13(16(18,19)20)7-15(12)21-10-22/h1-7,10H,8-9H2. The molecule has 114 valence electrons. The molecule has 0 N–H and O–H groups in total. The molecule has 0 amide bonds. The van der Waals surface area contributed by atoms with Crippen LogP contribution in [0.25, 0.3) is 0 Å². The average molecular weight is 369 g/mol. The van der Waals surface area contributed by atoms with Gasteiger partial charge in [-0.3, -0.25) is 0 Å². The molecular weight excluding hydrogens is 357 g/mol. The van der Waals surface area contributed by atoms with E-state index in [-0.39, 0.29) is 0 Å². The fourth-order valence-corrected chi connectivity index (χ4v) is 2.58. The Morgan fingerprint density at radius 2 is 1.82 bits per heavy atom. The van der Waals surface area contributed by atoms with Gasteiger partial charge in [-0.15, -0.1) is 0 Å². The second-order valence-electron chi connectivity index (χ2n) is 5.12. The summed E-state index contributed by atoms with van der Waals surface area (Å²) < 4.78 is 39.1. The highest BCUT2D eigenvalue weighted by atomic mass is 79.9. The van der Waals surface area contributed by atoms with Crippen molar-refractivity contribution in [1.29, 1.82) is 0 Å². The van der Waals surface area contributed by atoms with E-state index in [1.54, 1.807) is 6.34 Å². The van der Waals surface area contributed by atoms with Crippen molar-refractivity contribution in [1.82, 2.24) is 4.90 Å². The van der Waals surface area contributed by atoms with Crippen LogP contribution in [0.4, 0.5) is 18.9 Å². The Hall–Kier alpha value is -1.82. The van der Waals surface area contributed by atoms with Gasteiger partial charge in [0.1, 0.15) is 0 Å². The third kappa shape index (κ3) is 3.32. The fraction of sp³-hybridized carbons (Fsp3) is 0.188. The van der Waals surface area contributed by atoms with E-state index in [1.807, 2.05) is 29.2 Å². The van der Waals surface area contributed by atoms with E-state index in [2.05, 4.69) is 20.9 Å². The Morgan fingerprint density at radius 3 is 2.50 bits per heavy atom. The Balaban J connectivity index is 1.77. The largest absolute Gasteiger partial charge is 0.416 e. The van der Waals surface area contributed by atoms with Gasteiger partial charge in [-0.2, -0.15) is 13.2 Å². The first-order chi connectivity index (χ1) is 10.4. The number of aliphatic imine (C=N–C) groups is 1. The van der Waals surface area contributed by atoms with Crippen LogP contribution in [0.2, 0.25) is 0 Å². The van der Waals surface area contributed by atoms with Crippen molar-refractivity contribution in [3.63, 3.8) is 0 Å². The Labute approximate surface area is 134 Å². The van der Waals surface area contributed by atoms with Crippen molar-refractivity contribution >= 4 is 28.0 Å². The number of hydrogen-bond donors (Lipinski definition) is 0. The summed E-state index contributed by atoms with van der Waals surface area (Å²) in [6.07, 6.45) is -2.73. The quantitative estimate of drug-likeness (QED) is 0.716. The minimum Gasteiger partial charge on any atom is -0.354 e. The van der Waals surface area contributed by atoms with Crippen molar-refractivity contribution in [2.75, 3.05) is 0 Å². The second-order valence-corrected chi connectivity index (χ2v) is 6.03. The summed E-state index contributed by atoms with van der Waals surface area (Å²) in [4.78, 5) is 6.13. The maximum atomic E-state index is 12.7. The smallest absolute Gasteiger partial charge is 0.354 e. The van der Waals surface area contributed by atoms with E-state index in [0.717, 1.165) is 27.7 Å². The van der Waals surface area contributed by atoms with Gasteiger partial charge in [0.15, 0.2) is 0 Å². The maximum absolute atomic E-state index is 12.7. The lowest BCUT2D eigenvalue weighted by Crippen LogP contribution is -2.23. The van der Waals surface area contributed by atoms with Crippen molar-refractivity contribution in [2.45, 2.75) is 19.3 Å². The van der Waals surface area contributed by atoms with E-state index in [9.17, 15) is 13.2 Å². The minimum absolute atomic E-state index is 0.391. The Kier molecular flexibility index (Phi) is 3.95. The van der Waals surface area contributed by atoms with Crippen LogP contribution < -0.4 is 0 Å². The molecule has 1 aliphatic heterocycles. The molecule has 0 fully saturated rings. The van der Waals surface area contributed by atoms with Crippen LogP contribution in [0.1, 0.15) is 16.7 Å². The number of rotatable bonds is 2. The molecule has 0 radical (unpaired) electrons. The van der Waals surface area contributed by atoms with Crippen molar-refractivity contribution in [2.24, 2.45) is 4.99 Å². The highest BCUT2D eigenvalue weighted by Gasteiger charge is 2.31. The van der Waals surface area contributed by atoms with E-state index in [0.29, 0.717) is 18.8 Å². The lowest BCUT2D eigenvalue weighted by molar-refractivity contribution is -0.137. The predicted molar refractivity (Wildman–Crippen MR) is 83.0 cm³/mol. The molecular formula is C16H12BrF3N2. The molecule has 3 rings (SSSR count). The minimum atomic E-state index is -4.33. The SMILES string of the molecule is FC(F)(F)c1ccc2c(c1)N=CN(Cc1ccc(Br)cc1)C2. The zero-order chi connectivity index (χ0) is 15.7. The van der Waals surface area contributed by atoms with Gasteiger partial charge in [0.25, 0.3) is 0 Å². The van der Waals surface area contributed by atoms with Crippen LogP contribution in [0.3, 0.4) is 0 Å². The summed E-state index contributed by atoms with van der Waals surface area (Å²) in [5, 5.41) is 0. The van der Waals surface area contributed by atoms with Gasteiger partial charge < -0.3 is 4.90 Å². The normalized spacial score (nSPS) is 14.1. The van der Waals surface area contributed by atoms with Crippen LogP contribution in [-0.2, 0) is 19.3 Å². The van der Waals surface area contributed by atoms with Crippen LogP contribution in [0, 0.1) is 0 Å². The molecule has 0 unspecified atom stereocenters. The van der Waals surface area contributed by atoms with E-state index >= 15 is 0 Å². The molecule has 22 heavy (non-hydrogen) atoms. The van der Waals surface area contributed by atoms with E-state index in [1.165, 1.54) is 6.07 Å². The monoisotopic (exact) mass is 368 g/mol. The predicted octanol–water partition coefficient (Wildman–Crippen LogP) is 5.14. The van der Waals surface area contributed by atoms with Crippen molar-refractivity contribution in [3.05, 3.63) is 63.6 Å². The van der Waals surface area contributed by atoms with Crippen LogP contribution >= 0.6 is 15.9 Å². The maximum Gasteiger partial charge on any atom is 0.416 e. The molecule has 0 aliphatic carbocycles. The molecule has 2 aromatic rings. The zero-order valence-electron chi connectivity index (χ0n) is 11.4. The van der Waals surface area contributed by atoms with Gasteiger partial charge in [-0.25, -0.2) is 4.99 Å². The molecule has 0 saturated carbocycles. The highest BCUT2D eigenvalue weighted by Crippen LogP contribution is 2.34. The summed E-state index contributed by atoms with van der Waals surface area (Å²) in [7, 11) is 0. The molecule has 1 aliphatic rings. The van der Waals surface area contributed by atoms with Crippen molar-refractivity contribution < 1.29 is 13.2 Å². The van der Waals surface area contributed by atoms with Gasteiger partial charge in [0.2, 0.25) is 0 Å². The number of benzene rings is 2. The van der Waals surface area contributed by atoms with E-state index in [4.69, 9.17) is 0 Å². The van der Waals surface area contributed by atoms with Gasteiger partial charge in [-0.05, 0) is 35.4 Å². The Bertz CT molecular complexity index is 708. The molecule has 6 heteroatoms. The Morgan fingerprint density at radius 1 is 1.09 bits per heavy atom. The van der Waals surface area contributed by atoms with Crippen LogP contribution in [-0.4, -0.2) is 11.2 Å². The van der Waals surface area contributed by atoms with Crippen LogP contribution in [0.5, 0.6) is 0 Å². The third-order valence-corrected chi connectivity index (χ3v) is 3.97. The molecule has 2 aromatic carbocycles. The first kappa shape index (κ1) is 15.1. The zero-order valence-corrected chi connectivity index (χ0v) is 13.0. The average Bonchev–Trinajstić information content (AvgIpc) is 2.48. The fourth-order valence-electron chi connectivity index (χ4n) is 2.32. The molecule has 0 bridgehead atoms. The molecule has 0 spiro atoms. The van der Waals surface area contributed by atoms with E-state index < -0.39 is 11.7 Å². The molecule has 2 nitrogen and oxygen atoms in total. The number of hydrogen-bond acceptors (Lipinski definition) is 2. The van der Waals surface area contributed by atoms with Gasteiger partial charge >= 0.3 is 6.18 Å². The second kappa shape index (κ2) is 5.76. The summed E-state index contributed by atoms with van der Waals surface area (Å²) >= 11 is 3.38. The number of fused-ring (bicyclic) bond motifs is 1. The van der Waals surface area contributed by atoms with Gasteiger partial charge in [0, 0.05) is 17.6 Å². The summed E-state index contributed by atoms with van der Waals surface area (Å²) in [5.41, 5.74) is 1.64. The first-order valence-corrected chi connectivity index (χ1v) is 7.44. The molecule has 0 saturated heterocycles. The van der Waals surface area contributed by atoms with Crippen molar-refractivity contribution in [3.8, 4) is 0 Å². The third-order valence-electron chi connectivity index (χ3n) is 3.45. The van der Waals surface area contributed by atoms with Gasteiger partial charge in [0.05, 0.1) is 17.6 Å². The number of alkyl halides is 3. The lowest BCUT2D eigenvalue weighted by Gasteiger charge is -2.25. The summed E-state index contributed by atoms with van der Waals surface area (Å²) in [6, 6.07) is 11.6. The summed E-state index contributed by atoms with van der Waals surface area (Å²) in [5.74, 6) is 0. The topological polar surface area (TPSA) is 15.6 Å². The summed E-state index contributed by atoms with van der Waals surface area (Å²) in [6.45, 7) is 1.21. The molecule has 0 aromatic heterocycles. The number of halogens is 4. The van der Waals surface area contributed by atoms with Crippen LogP contribution in [0.15, 0.2) is 51.9 Å². The lowest BCUT2D eigenvalue weighted by atomic mass is 10.1. The number of nitrogens with zero attached hydrogens (tertiary/aromatic N) is 2. The molecule has 1 heterocycles. The first-order valence-electron chi connectivity index (χ1n) is 6.64. The van der Waals surface area contributed by atoms with Gasteiger partial charge in [-0.1, -0.05) is 34.1 Å².